The molecular formula is C16H22N3O2PS. The van der Waals surface area contributed by atoms with E-state index in [9.17, 15) is 9.59 Å². The number of likely N-dealkylation sites (N-methyl/N-ethyl adjacent to an activating group) is 1. The third-order valence-electron chi connectivity index (χ3n) is 5.09. The lowest BCUT2D eigenvalue weighted by molar-refractivity contribution is -0.163. The van der Waals surface area contributed by atoms with Gasteiger partial charge in [-0.1, -0.05) is 29.2 Å². The maximum atomic E-state index is 13.2. The fourth-order valence-corrected chi connectivity index (χ4v) is 4.87. The van der Waals surface area contributed by atoms with Crippen LogP contribution in [0.2, 0.25) is 0 Å². The van der Waals surface area contributed by atoms with E-state index in [0.717, 1.165) is 5.56 Å². The first-order valence-corrected chi connectivity index (χ1v) is 8.59. The minimum atomic E-state index is -1.12. The number of pyridine rings is 1. The topological polar surface area (TPSA) is 53.5 Å². The van der Waals surface area contributed by atoms with Crippen molar-refractivity contribution in [2.24, 2.45) is 5.41 Å². The molecule has 2 saturated heterocycles. The highest BCUT2D eigenvalue weighted by atomic mass is 32.1. The molecule has 0 bridgehead atoms. The SMILES string of the molecule is CN1C(=O)[C@]2(S)CC(C)(C)C(c3cccnc3)N2C(=O)[C@@]1(C)P. The molecule has 124 valence electrons. The van der Waals surface area contributed by atoms with E-state index in [2.05, 4.69) is 28.1 Å². The number of piperazine rings is 1. The van der Waals surface area contributed by atoms with Gasteiger partial charge in [0.15, 0.2) is 4.87 Å². The van der Waals surface area contributed by atoms with Gasteiger partial charge in [0, 0.05) is 19.4 Å². The van der Waals surface area contributed by atoms with Crippen LogP contribution in [-0.2, 0) is 9.59 Å². The number of rotatable bonds is 1. The van der Waals surface area contributed by atoms with Crippen LogP contribution >= 0.6 is 21.9 Å². The molecule has 2 aliphatic rings. The van der Waals surface area contributed by atoms with Gasteiger partial charge >= 0.3 is 0 Å². The van der Waals surface area contributed by atoms with E-state index in [1.165, 1.54) is 4.90 Å². The highest BCUT2D eigenvalue weighted by Gasteiger charge is 2.66. The lowest BCUT2D eigenvalue weighted by Crippen LogP contribution is -2.69. The summed E-state index contributed by atoms with van der Waals surface area (Å²) >= 11 is 4.71. The highest BCUT2D eigenvalue weighted by Crippen LogP contribution is 2.59. The number of amides is 2. The summed E-state index contributed by atoms with van der Waals surface area (Å²) in [5, 5.41) is -0.968. The molecule has 5 nitrogen and oxygen atoms in total. The highest BCUT2D eigenvalue weighted by molar-refractivity contribution is 7.82. The van der Waals surface area contributed by atoms with Crippen LogP contribution in [0.4, 0.5) is 0 Å². The van der Waals surface area contributed by atoms with Crippen molar-refractivity contribution in [3.63, 3.8) is 0 Å². The number of hydrogen-bond acceptors (Lipinski definition) is 4. The molecule has 23 heavy (non-hydrogen) atoms. The van der Waals surface area contributed by atoms with Crippen molar-refractivity contribution in [3.8, 4) is 0 Å². The predicted molar refractivity (Wildman–Crippen MR) is 94.8 cm³/mol. The summed E-state index contributed by atoms with van der Waals surface area (Å²) in [5.74, 6) is -0.253. The summed E-state index contributed by atoms with van der Waals surface area (Å²) in [4.78, 5) is 32.4. The van der Waals surface area contributed by atoms with Crippen molar-refractivity contribution >= 4 is 33.7 Å². The Labute approximate surface area is 144 Å². The van der Waals surface area contributed by atoms with Crippen LogP contribution in [0.3, 0.4) is 0 Å². The standard InChI is InChI=1S/C16H22N3O2PS/c1-14(2)9-16(23)13(21)18(4)15(3,22)12(20)19(16)11(14)10-6-5-7-17-8-10/h5-8,11,23H,9,22H2,1-4H3/t11?,15-,16-/m1/s1. The summed E-state index contributed by atoms with van der Waals surface area (Å²) in [6.07, 6.45) is 3.97. The number of carbonyl (C=O) groups is 2. The average molecular weight is 351 g/mol. The molecule has 0 spiro atoms. The quantitative estimate of drug-likeness (QED) is 0.623. The zero-order valence-electron chi connectivity index (χ0n) is 13.8. The van der Waals surface area contributed by atoms with Gasteiger partial charge in [-0.25, -0.2) is 0 Å². The van der Waals surface area contributed by atoms with E-state index in [4.69, 9.17) is 12.6 Å². The maximum Gasteiger partial charge on any atom is 0.259 e. The molecule has 0 aromatic carbocycles. The fraction of sp³-hybridized carbons (Fsp3) is 0.562. The summed E-state index contributed by atoms with van der Waals surface area (Å²) < 4.78 is 0. The minimum Gasteiger partial charge on any atom is -0.325 e. The molecule has 0 N–H and O–H groups in total. The molecule has 3 heterocycles. The zero-order chi connectivity index (χ0) is 17.2. The summed E-state index contributed by atoms with van der Waals surface area (Å²) in [6.45, 7) is 5.89. The zero-order valence-corrected chi connectivity index (χ0v) is 15.8. The van der Waals surface area contributed by atoms with Gasteiger partial charge in [-0.3, -0.25) is 14.6 Å². The second-order valence-corrected chi connectivity index (χ2v) is 9.22. The van der Waals surface area contributed by atoms with E-state index in [0.29, 0.717) is 6.42 Å². The predicted octanol–water partition coefficient (Wildman–Crippen LogP) is 2.07. The Morgan fingerprint density at radius 1 is 1.30 bits per heavy atom. The van der Waals surface area contributed by atoms with E-state index < -0.39 is 10.2 Å². The van der Waals surface area contributed by atoms with Crippen LogP contribution < -0.4 is 0 Å². The van der Waals surface area contributed by atoms with Crippen LogP contribution in [0, 0.1) is 5.41 Å². The summed E-state index contributed by atoms with van der Waals surface area (Å²) in [7, 11) is 4.17. The van der Waals surface area contributed by atoms with E-state index in [-0.39, 0.29) is 23.3 Å². The fourth-order valence-electron chi connectivity index (χ4n) is 3.85. The van der Waals surface area contributed by atoms with Crippen LogP contribution in [0.25, 0.3) is 0 Å². The second-order valence-electron chi connectivity index (χ2n) is 7.36. The molecule has 2 fully saturated rings. The molecular weight excluding hydrogens is 329 g/mol. The normalized spacial score (nSPS) is 36.3. The Morgan fingerprint density at radius 2 is 1.96 bits per heavy atom. The van der Waals surface area contributed by atoms with Gasteiger partial charge in [-0.15, -0.1) is 12.6 Å². The third kappa shape index (κ3) is 2.14. The molecule has 1 aromatic heterocycles. The summed E-state index contributed by atoms with van der Waals surface area (Å²) in [6, 6.07) is 3.57. The lowest BCUT2D eigenvalue weighted by atomic mass is 9.80. The monoisotopic (exact) mass is 351 g/mol. The lowest BCUT2D eigenvalue weighted by Gasteiger charge is -2.51. The Hall–Kier alpha value is -1.13. The second kappa shape index (κ2) is 4.93. The first-order chi connectivity index (χ1) is 10.5. The number of thiol groups is 1. The summed E-state index contributed by atoms with van der Waals surface area (Å²) in [5.41, 5.74) is 0.641. The smallest absolute Gasteiger partial charge is 0.259 e. The van der Waals surface area contributed by atoms with Crippen molar-refractivity contribution in [1.29, 1.82) is 0 Å². The number of nitrogens with zero attached hydrogens (tertiary/aromatic N) is 3. The molecule has 0 radical (unpaired) electrons. The van der Waals surface area contributed by atoms with Crippen LogP contribution in [0.1, 0.15) is 38.8 Å². The van der Waals surface area contributed by atoms with Crippen LogP contribution in [-0.4, -0.2) is 43.8 Å². The number of aromatic nitrogens is 1. The van der Waals surface area contributed by atoms with Gasteiger partial charge in [-0.05, 0) is 30.4 Å². The van der Waals surface area contributed by atoms with Gasteiger partial charge in [0.1, 0.15) is 5.28 Å². The molecule has 1 aromatic rings. The molecule has 0 aliphatic carbocycles. The van der Waals surface area contributed by atoms with Crippen molar-refractivity contribution in [3.05, 3.63) is 30.1 Å². The van der Waals surface area contributed by atoms with E-state index in [1.807, 2.05) is 12.1 Å². The Bertz CT molecular complexity index is 679. The van der Waals surface area contributed by atoms with Gasteiger partial charge < -0.3 is 9.80 Å². The largest absolute Gasteiger partial charge is 0.325 e. The third-order valence-corrected chi connectivity index (χ3v) is 6.29. The molecule has 2 amide bonds. The minimum absolute atomic E-state index is 0.112. The van der Waals surface area contributed by atoms with Gasteiger partial charge in [-0.2, -0.15) is 0 Å². The van der Waals surface area contributed by atoms with Crippen molar-refractivity contribution in [2.45, 2.75) is 43.4 Å². The van der Waals surface area contributed by atoms with E-state index >= 15 is 0 Å². The first kappa shape index (κ1) is 16.7. The van der Waals surface area contributed by atoms with Crippen molar-refractivity contribution in [2.75, 3.05) is 7.05 Å². The Morgan fingerprint density at radius 3 is 2.52 bits per heavy atom. The molecule has 2 unspecified atom stereocenters. The maximum absolute atomic E-state index is 13.2. The van der Waals surface area contributed by atoms with Crippen molar-refractivity contribution < 1.29 is 9.59 Å². The molecule has 4 atom stereocenters. The Balaban J connectivity index is 2.20. The van der Waals surface area contributed by atoms with Crippen LogP contribution in [0.5, 0.6) is 0 Å². The molecule has 3 rings (SSSR count). The Kier molecular flexibility index (Phi) is 3.59. The van der Waals surface area contributed by atoms with Gasteiger partial charge in [0.25, 0.3) is 11.8 Å². The first-order valence-electron chi connectivity index (χ1n) is 7.57. The number of fused-ring (bicyclic) bond motifs is 1. The average Bonchev–Trinajstić information content (AvgIpc) is 2.71. The van der Waals surface area contributed by atoms with Gasteiger partial charge in [0.2, 0.25) is 0 Å². The van der Waals surface area contributed by atoms with Crippen molar-refractivity contribution in [1.82, 2.24) is 14.8 Å². The van der Waals surface area contributed by atoms with Gasteiger partial charge in [0.05, 0.1) is 6.04 Å². The van der Waals surface area contributed by atoms with Crippen LogP contribution in [0.15, 0.2) is 24.5 Å². The molecule has 2 aliphatic heterocycles. The number of hydrogen-bond donors (Lipinski definition) is 1. The van der Waals surface area contributed by atoms with E-state index in [1.54, 1.807) is 31.3 Å². The molecule has 0 saturated carbocycles. The number of carbonyl (C=O) groups excluding carboxylic acids is 2. The molecule has 7 heteroatoms.